The summed E-state index contributed by atoms with van der Waals surface area (Å²) in [5.74, 6) is -1.49. The zero-order valence-electron chi connectivity index (χ0n) is 13.1. The van der Waals surface area contributed by atoms with Gasteiger partial charge in [0, 0.05) is 11.1 Å². The van der Waals surface area contributed by atoms with Crippen LogP contribution in [0.5, 0.6) is 5.75 Å². The number of para-hydroxylation sites is 1. The lowest BCUT2D eigenvalue weighted by Gasteiger charge is -2.08. The maximum absolute atomic E-state index is 13.0. The fourth-order valence-electron chi connectivity index (χ4n) is 2.63. The van der Waals surface area contributed by atoms with Crippen LogP contribution in [0.3, 0.4) is 0 Å². The van der Waals surface area contributed by atoms with Crippen molar-refractivity contribution in [2.75, 3.05) is 0 Å². The number of hydrogen-bond acceptors (Lipinski definition) is 4. The third-order valence-electron chi connectivity index (χ3n) is 3.82. The van der Waals surface area contributed by atoms with Crippen molar-refractivity contribution in [2.45, 2.75) is 6.18 Å². The van der Waals surface area contributed by atoms with E-state index in [0.29, 0.717) is 22.5 Å². The number of fused-ring (bicyclic) bond motifs is 1. The van der Waals surface area contributed by atoms with Crippen LogP contribution in [0.2, 0.25) is 0 Å². The van der Waals surface area contributed by atoms with Gasteiger partial charge in [-0.2, -0.15) is 22.7 Å². The molecule has 0 unspecified atom stereocenters. The van der Waals surface area contributed by atoms with E-state index in [4.69, 9.17) is 0 Å². The minimum Gasteiger partial charge on any atom is -0.507 e. The molecule has 2 aromatic carbocycles. The lowest BCUT2D eigenvalue weighted by molar-refractivity contribution is -0.144. The maximum atomic E-state index is 13.0. The van der Waals surface area contributed by atoms with Crippen molar-refractivity contribution < 1.29 is 18.3 Å². The number of alkyl halides is 3. The van der Waals surface area contributed by atoms with E-state index in [2.05, 4.69) is 15.1 Å². The summed E-state index contributed by atoms with van der Waals surface area (Å²) in [6, 6.07) is 16.9. The smallest absolute Gasteiger partial charge is 0.453 e. The minimum absolute atomic E-state index is 0.0288. The fraction of sp³-hybridized carbons (Fsp3) is 0.0556. The van der Waals surface area contributed by atoms with Gasteiger partial charge in [-0.25, -0.2) is 4.98 Å². The quantitative estimate of drug-likeness (QED) is 0.585. The molecule has 0 radical (unpaired) electrons. The molecule has 0 saturated heterocycles. The van der Waals surface area contributed by atoms with Crippen LogP contribution in [-0.2, 0) is 6.18 Å². The standard InChI is InChI=1S/C18H11F3N4O/c19-18(20,21)16-23-17-22-13(12-8-4-5-9-15(12)26)10-14(25(17)24-16)11-6-2-1-3-7-11/h1-10,26H. The first kappa shape index (κ1) is 16.1. The van der Waals surface area contributed by atoms with Crippen molar-refractivity contribution in [2.24, 2.45) is 0 Å². The van der Waals surface area contributed by atoms with Gasteiger partial charge in [-0.15, -0.1) is 5.10 Å². The van der Waals surface area contributed by atoms with Gasteiger partial charge in [0.15, 0.2) is 0 Å². The first-order valence-electron chi connectivity index (χ1n) is 7.62. The lowest BCUT2D eigenvalue weighted by atomic mass is 10.1. The predicted molar refractivity (Wildman–Crippen MR) is 88.3 cm³/mol. The second-order valence-corrected chi connectivity index (χ2v) is 5.55. The molecular weight excluding hydrogens is 345 g/mol. The van der Waals surface area contributed by atoms with E-state index >= 15 is 0 Å². The Hall–Kier alpha value is -3.42. The average Bonchev–Trinajstić information content (AvgIpc) is 3.06. The molecule has 0 amide bonds. The van der Waals surface area contributed by atoms with Crippen LogP contribution in [0.4, 0.5) is 13.2 Å². The van der Waals surface area contributed by atoms with E-state index in [9.17, 15) is 18.3 Å². The summed E-state index contributed by atoms with van der Waals surface area (Å²) in [4.78, 5) is 7.68. The van der Waals surface area contributed by atoms with Crippen LogP contribution < -0.4 is 0 Å². The van der Waals surface area contributed by atoms with Crippen molar-refractivity contribution >= 4 is 5.78 Å². The third kappa shape index (κ3) is 2.75. The molecule has 0 aliphatic heterocycles. The molecule has 4 aromatic rings. The van der Waals surface area contributed by atoms with Gasteiger partial charge in [0.25, 0.3) is 11.6 Å². The average molecular weight is 356 g/mol. The van der Waals surface area contributed by atoms with Crippen LogP contribution in [0, 0.1) is 0 Å². The number of hydrogen-bond donors (Lipinski definition) is 1. The van der Waals surface area contributed by atoms with Crippen molar-refractivity contribution in [3.63, 3.8) is 0 Å². The zero-order valence-corrected chi connectivity index (χ0v) is 13.1. The fourth-order valence-corrected chi connectivity index (χ4v) is 2.63. The summed E-state index contributed by atoms with van der Waals surface area (Å²) in [6.07, 6.45) is -4.68. The van der Waals surface area contributed by atoms with E-state index < -0.39 is 12.0 Å². The molecular formula is C18H11F3N4O. The van der Waals surface area contributed by atoms with Crippen molar-refractivity contribution in [3.8, 4) is 28.3 Å². The molecule has 0 spiro atoms. The van der Waals surface area contributed by atoms with Gasteiger partial charge in [0.2, 0.25) is 0 Å². The van der Waals surface area contributed by atoms with Crippen LogP contribution in [0.25, 0.3) is 28.3 Å². The molecule has 5 nitrogen and oxygen atoms in total. The number of phenolic OH excluding ortho intramolecular Hbond substituents is 1. The van der Waals surface area contributed by atoms with E-state index in [-0.39, 0.29) is 11.5 Å². The molecule has 0 aliphatic rings. The summed E-state index contributed by atoms with van der Waals surface area (Å²) < 4.78 is 40.2. The predicted octanol–water partition coefficient (Wildman–Crippen LogP) is 4.18. The number of aromatic nitrogens is 4. The molecule has 8 heteroatoms. The van der Waals surface area contributed by atoms with Crippen LogP contribution in [-0.4, -0.2) is 24.7 Å². The molecule has 0 aliphatic carbocycles. The summed E-state index contributed by atoms with van der Waals surface area (Å²) >= 11 is 0. The van der Waals surface area contributed by atoms with E-state index in [1.165, 1.54) is 6.07 Å². The number of rotatable bonds is 2. The second kappa shape index (κ2) is 5.83. The Balaban J connectivity index is 2.03. The zero-order chi connectivity index (χ0) is 18.3. The SMILES string of the molecule is Oc1ccccc1-c1cc(-c2ccccc2)n2nc(C(F)(F)F)nc2n1. The normalized spacial score (nSPS) is 11.8. The molecule has 1 N–H and O–H groups in total. The topological polar surface area (TPSA) is 63.3 Å². The molecule has 130 valence electrons. The molecule has 26 heavy (non-hydrogen) atoms. The van der Waals surface area contributed by atoms with E-state index in [0.717, 1.165) is 4.52 Å². The number of aromatic hydroxyl groups is 1. The van der Waals surface area contributed by atoms with E-state index in [1.54, 1.807) is 54.6 Å². The van der Waals surface area contributed by atoms with Crippen LogP contribution in [0.1, 0.15) is 5.82 Å². The Bertz CT molecular complexity index is 1090. The Kier molecular flexibility index (Phi) is 3.61. The third-order valence-corrected chi connectivity index (χ3v) is 3.82. The molecule has 0 atom stereocenters. The highest BCUT2D eigenvalue weighted by Gasteiger charge is 2.37. The molecule has 2 heterocycles. The van der Waals surface area contributed by atoms with Gasteiger partial charge in [-0.05, 0) is 18.2 Å². The summed E-state index contributed by atoms with van der Waals surface area (Å²) in [5, 5.41) is 13.6. The number of halogens is 3. The molecule has 4 rings (SSSR count). The van der Waals surface area contributed by atoms with Crippen molar-refractivity contribution in [1.29, 1.82) is 0 Å². The van der Waals surface area contributed by atoms with E-state index in [1.807, 2.05) is 0 Å². The largest absolute Gasteiger partial charge is 0.507 e. The Morgan fingerprint density at radius 3 is 2.27 bits per heavy atom. The van der Waals surface area contributed by atoms with Crippen LogP contribution >= 0.6 is 0 Å². The summed E-state index contributed by atoms with van der Waals surface area (Å²) in [6.45, 7) is 0. The Labute approximate surface area is 145 Å². The minimum atomic E-state index is -4.68. The first-order chi connectivity index (χ1) is 12.4. The van der Waals surface area contributed by atoms with Gasteiger partial charge in [0.05, 0.1) is 11.4 Å². The highest BCUT2D eigenvalue weighted by molar-refractivity contribution is 5.73. The van der Waals surface area contributed by atoms with Gasteiger partial charge in [0.1, 0.15) is 5.75 Å². The Morgan fingerprint density at radius 1 is 0.885 bits per heavy atom. The number of nitrogens with zero attached hydrogens (tertiary/aromatic N) is 4. The van der Waals surface area contributed by atoms with Crippen molar-refractivity contribution in [1.82, 2.24) is 19.6 Å². The summed E-state index contributed by atoms with van der Waals surface area (Å²) in [7, 11) is 0. The van der Waals surface area contributed by atoms with Crippen molar-refractivity contribution in [3.05, 3.63) is 66.5 Å². The van der Waals surface area contributed by atoms with Gasteiger partial charge >= 0.3 is 6.18 Å². The number of benzene rings is 2. The highest BCUT2D eigenvalue weighted by Crippen LogP contribution is 2.32. The Morgan fingerprint density at radius 2 is 1.58 bits per heavy atom. The first-order valence-corrected chi connectivity index (χ1v) is 7.62. The molecule has 0 saturated carbocycles. The maximum Gasteiger partial charge on any atom is 0.453 e. The number of phenols is 1. The van der Waals surface area contributed by atoms with Crippen LogP contribution in [0.15, 0.2) is 60.7 Å². The summed E-state index contributed by atoms with van der Waals surface area (Å²) in [5.41, 5.74) is 1.73. The van der Waals surface area contributed by atoms with Gasteiger partial charge in [-0.3, -0.25) is 0 Å². The second-order valence-electron chi connectivity index (χ2n) is 5.55. The molecule has 2 aromatic heterocycles. The lowest BCUT2D eigenvalue weighted by Crippen LogP contribution is -2.07. The van der Waals surface area contributed by atoms with Gasteiger partial charge < -0.3 is 5.11 Å². The highest BCUT2D eigenvalue weighted by atomic mass is 19.4. The molecule has 0 fully saturated rings. The van der Waals surface area contributed by atoms with Gasteiger partial charge in [-0.1, -0.05) is 42.5 Å². The molecule has 0 bridgehead atoms. The monoisotopic (exact) mass is 356 g/mol.